The largest absolute Gasteiger partial charge is 0.459 e. The molecule has 3 rings (SSSR count). The number of nitrogens with zero attached hydrogens (tertiary/aromatic N) is 1. The molecule has 2 aromatic carbocycles. The van der Waals surface area contributed by atoms with E-state index in [0.29, 0.717) is 10.6 Å². The molecule has 0 unspecified atom stereocenters. The third kappa shape index (κ3) is 5.01. The molecule has 30 heavy (non-hydrogen) atoms. The number of carbonyl (C=O) groups is 1. The molecule has 158 valence electrons. The van der Waals surface area contributed by atoms with Gasteiger partial charge in [-0.1, -0.05) is 11.6 Å². The number of amides is 1. The van der Waals surface area contributed by atoms with Crippen LogP contribution in [0, 0.1) is 5.82 Å². The molecule has 3 aromatic rings. The van der Waals surface area contributed by atoms with Crippen LogP contribution in [0.2, 0.25) is 5.02 Å². The third-order valence-corrected chi connectivity index (χ3v) is 5.76. The van der Waals surface area contributed by atoms with Crippen LogP contribution < -0.4 is 4.18 Å². The first-order valence-electron chi connectivity index (χ1n) is 9.00. The second kappa shape index (κ2) is 8.89. The van der Waals surface area contributed by atoms with Crippen molar-refractivity contribution in [2.75, 3.05) is 0 Å². The van der Waals surface area contributed by atoms with Gasteiger partial charge in [-0.2, -0.15) is 8.42 Å². The van der Waals surface area contributed by atoms with Crippen LogP contribution in [0.1, 0.15) is 30.0 Å². The second-order valence-electron chi connectivity index (χ2n) is 6.75. The first-order valence-corrected chi connectivity index (χ1v) is 10.8. The molecule has 0 aliphatic heterocycles. The van der Waals surface area contributed by atoms with E-state index in [1.54, 1.807) is 12.1 Å². The van der Waals surface area contributed by atoms with Crippen LogP contribution in [0.3, 0.4) is 0 Å². The number of hydrogen-bond acceptors (Lipinski definition) is 5. The van der Waals surface area contributed by atoms with Gasteiger partial charge in [-0.25, -0.2) is 4.39 Å². The van der Waals surface area contributed by atoms with Crippen molar-refractivity contribution < 1.29 is 26.2 Å². The van der Waals surface area contributed by atoms with Gasteiger partial charge in [-0.15, -0.1) is 0 Å². The molecule has 1 heterocycles. The molecule has 0 N–H and O–H groups in total. The average molecular weight is 452 g/mol. The number of hydrogen-bond donors (Lipinski definition) is 0. The Morgan fingerprint density at radius 1 is 1.17 bits per heavy atom. The first kappa shape index (κ1) is 21.9. The number of benzene rings is 2. The van der Waals surface area contributed by atoms with Crippen LogP contribution in [0.4, 0.5) is 4.39 Å². The van der Waals surface area contributed by atoms with E-state index in [-0.39, 0.29) is 34.9 Å². The van der Waals surface area contributed by atoms with Gasteiger partial charge in [-0.05, 0) is 68.4 Å². The zero-order valence-electron chi connectivity index (χ0n) is 16.2. The third-order valence-electron chi connectivity index (χ3n) is 4.28. The maximum Gasteiger partial charge on any atom is 0.339 e. The van der Waals surface area contributed by atoms with Crippen molar-refractivity contribution >= 4 is 27.6 Å². The highest BCUT2D eigenvalue weighted by atomic mass is 35.5. The molecule has 1 aromatic heterocycles. The van der Waals surface area contributed by atoms with Crippen molar-refractivity contribution in [1.29, 1.82) is 0 Å². The van der Waals surface area contributed by atoms with Crippen LogP contribution in [-0.4, -0.2) is 25.3 Å². The van der Waals surface area contributed by atoms with Crippen molar-refractivity contribution in [2.24, 2.45) is 0 Å². The van der Waals surface area contributed by atoms with E-state index < -0.39 is 15.9 Å². The van der Waals surface area contributed by atoms with E-state index in [1.165, 1.54) is 29.4 Å². The molecule has 0 saturated carbocycles. The number of carbonyl (C=O) groups excluding carboxylic acids is 1. The topological polar surface area (TPSA) is 76.8 Å². The summed E-state index contributed by atoms with van der Waals surface area (Å²) in [5, 5.41) is 0.352. The molecule has 0 aliphatic carbocycles. The smallest absolute Gasteiger partial charge is 0.339 e. The molecule has 0 bridgehead atoms. The van der Waals surface area contributed by atoms with Crippen LogP contribution in [0.25, 0.3) is 0 Å². The predicted octanol–water partition coefficient (Wildman–Crippen LogP) is 4.89. The lowest BCUT2D eigenvalue weighted by atomic mass is 10.1. The standard InChI is InChI=1S/C21H19ClFNO5S/c1-14(2)24(21(25)20-4-3-11-28-20)13-15-12-16(22)5-10-19(15)29-30(26,27)18-8-6-17(23)7-9-18/h3-12,14H,13H2,1-2H3. The highest BCUT2D eigenvalue weighted by Crippen LogP contribution is 2.28. The van der Waals surface area contributed by atoms with Crippen LogP contribution in [0.15, 0.2) is 70.2 Å². The van der Waals surface area contributed by atoms with E-state index in [9.17, 15) is 17.6 Å². The Labute approximate surface area is 179 Å². The van der Waals surface area contributed by atoms with E-state index in [4.69, 9.17) is 20.2 Å². The zero-order valence-corrected chi connectivity index (χ0v) is 17.8. The fourth-order valence-electron chi connectivity index (χ4n) is 2.73. The molecule has 0 atom stereocenters. The van der Waals surface area contributed by atoms with Gasteiger partial charge in [0.25, 0.3) is 5.91 Å². The van der Waals surface area contributed by atoms with Crippen molar-refractivity contribution in [3.05, 3.63) is 83.0 Å². The normalized spacial score (nSPS) is 11.5. The van der Waals surface area contributed by atoms with Gasteiger partial charge in [0.15, 0.2) is 5.76 Å². The van der Waals surface area contributed by atoms with Gasteiger partial charge in [-0.3, -0.25) is 4.79 Å². The minimum absolute atomic E-state index is 0.0154. The fourth-order valence-corrected chi connectivity index (χ4v) is 3.89. The Hall–Kier alpha value is -2.84. The summed E-state index contributed by atoms with van der Waals surface area (Å²) in [4.78, 5) is 14.1. The molecule has 0 radical (unpaired) electrons. The van der Waals surface area contributed by atoms with Crippen LogP contribution >= 0.6 is 11.6 Å². The number of halogens is 2. The van der Waals surface area contributed by atoms with Gasteiger partial charge in [0.1, 0.15) is 16.5 Å². The van der Waals surface area contributed by atoms with E-state index in [0.717, 1.165) is 24.3 Å². The molecular weight excluding hydrogens is 433 g/mol. The number of furan rings is 1. The van der Waals surface area contributed by atoms with Crippen molar-refractivity contribution in [3.63, 3.8) is 0 Å². The SMILES string of the molecule is CC(C)N(Cc1cc(Cl)ccc1OS(=O)(=O)c1ccc(F)cc1)C(=O)c1ccco1. The number of rotatable bonds is 7. The van der Waals surface area contributed by atoms with Gasteiger partial charge < -0.3 is 13.5 Å². The highest BCUT2D eigenvalue weighted by Gasteiger charge is 2.25. The van der Waals surface area contributed by atoms with Crippen molar-refractivity contribution in [2.45, 2.75) is 31.3 Å². The lowest BCUT2D eigenvalue weighted by Gasteiger charge is -2.27. The Bertz CT molecular complexity index is 1130. The predicted molar refractivity (Wildman–Crippen MR) is 109 cm³/mol. The van der Waals surface area contributed by atoms with E-state index in [2.05, 4.69) is 0 Å². The minimum atomic E-state index is -4.22. The lowest BCUT2D eigenvalue weighted by Crippen LogP contribution is -2.36. The molecule has 9 heteroatoms. The van der Waals surface area contributed by atoms with Crippen LogP contribution in [-0.2, 0) is 16.7 Å². The van der Waals surface area contributed by atoms with Crippen molar-refractivity contribution in [1.82, 2.24) is 4.90 Å². The summed E-state index contributed by atoms with van der Waals surface area (Å²) in [5.74, 6) is -0.749. The maximum atomic E-state index is 13.1. The quantitative estimate of drug-likeness (QED) is 0.478. The van der Waals surface area contributed by atoms with Crippen LogP contribution in [0.5, 0.6) is 5.75 Å². The summed E-state index contributed by atoms with van der Waals surface area (Å²) < 4.78 is 48.8. The van der Waals surface area contributed by atoms with Gasteiger partial charge >= 0.3 is 10.1 Å². The van der Waals surface area contributed by atoms with E-state index in [1.807, 2.05) is 13.8 Å². The molecular formula is C21H19ClFNO5S. The molecule has 0 aliphatic rings. The minimum Gasteiger partial charge on any atom is -0.459 e. The maximum absolute atomic E-state index is 13.1. The first-order chi connectivity index (χ1) is 14.2. The lowest BCUT2D eigenvalue weighted by molar-refractivity contribution is 0.0657. The Kier molecular flexibility index (Phi) is 6.48. The summed E-state index contributed by atoms with van der Waals surface area (Å²) in [6.07, 6.45) is 1.40. The average Bonchev–Trinajstić information content (AvgIpc) is 3.22. The molecule has 6 nitrogen and oxygen atoms in total. The zero-order chi connectivity index (χ0) is 21.9. The van der Waals surface area contributed by atoms with Gasteiger partial charge in [0, 0.05) is 16.6 Å². The highest BCUT2D eigenvalue weighted by molar-refractivity contribution is 7.87. The second-order valence-corrected chi connectivity index (χ2v) is 8.73. The van der Waals surface area contributed by atoms with Gasteiger partial charge in [0.2, 0.25) is 0 Å². The van der Waals surface area contributed by atoms with E-state index >= 15 is 0 Å². The summed E-state index contributed by atoms with van der Waals surface area (Å²) in [6, 6.07) is 11.6. The summed E-state index contributed by atoms with van der Waals surface area (Å²) in [5.41, 5.74) is 0.391. The monoisotopic (exact) mass is 451 g/mol. The Morgan fingerprint density at radius 2 is 1.87 bits per heavy atom. The Balaban J connectivity index is 1.93. The summed E-state index contributed by atoms with van der Waals surface area (Å²) in [6.45, 7) is 3.67. The molecule has 1 amide bonds. The van der Waals surface area contributed by atoms with Gasteiger partial charge in [0.05, 0.1) is 12.8 Å². The summed E-state index contributed by atoms with van der Waals surface area (Å²) in [7, 11) is -4.22. The molecule has 0 saturated heterocycles. The fraction of sp³-hybridized carbons (Fsp3) is 0.190. The Morgan fingerprint density at radius 3 is 2.47 bits per heavy atom. The molecule has 0 fully saturated rings. The van der Waals surface area contributed by atoms with Crippen molar-refractivity contribution in [3.8, 4) is 5.75 Å². The molecule has 0 spiro atoms. The summed E-state index contributed by atoms with van der Waals surface area (Å²) >= 11 is 6.10.